The predicted molar refractivity (Wildman–Crippen MR) is 113 cm³/mol. The molecule has 2 N–H and O–H groups in total. The van der Waals surface area contributed by atoms with Crippen molar-refractivity contribution >= 4 is 28.4 Å². The first kappa shape index (κ1) is 18.0. The third-order valence-corrected chi connectivity index (χ3v) is 5.92. The lowest BCUT2D eigenvalue weighted by atomic mass is 10.00. The normalized spacial score (nSPS) is 14.8. The number of hydrogen-bond donors (Lipinski definition) is 2. The Morgan fingerprint density at radius 3 is 2.76 bits per heavy atom. The van der Waals surface area contributed by atoms with Gasteiger partial charge in [0.25, 0.3) is 0 Å². The molecule has 0 aliphatic heterocycles. The van der Waals surface area contributed by atoms with Crippen molar-refractivity contribution in [1.29, 1.82) is 0 Å². The minimum Gasteiger partial charge on any atom is -0.361 e. The lowest BCUT2D eigenvalue weighted by molar-refractivity contribution is -0.123. The number of para-hydroxylation sites is 1. The summed E-state index contributed by atoms with van der Waals surface area (Å²) in [7, 11) is 0. The van der Waals surface area contributed by atoms with Gasteiger partial charge in [0.05, 0.1) is 11.1 Å². The molecule has 2 aromatic heterocycles. The molecule has 0 atom stereocenters. The van der Waals surface area contributed by atoms with Crippen molar-refractivity contribution in [1.82, 2.24) is 15.5 Å². The van der Waals surface area contributed by atoms with E-state index in [1.54, 1.807) is 0 Å². The molecule has 0 unspecified atom stereocenters. The molecule has 146 valence electrons. The monoisotopic (exact) mass is 405 g/mol. The molecule has 29 heavy (non-hydrogen) atoms. The van der Waals surface area contributed by atoms with Crippen LogP contribution in [0.1, 0.15) is 24.1 Å². The highest BCUT2D eigenvalue weighted by Crippen LogP contribution is 2.48. The van der Waals surface area contributed by atoms with Gasteiger partial charge >= 0.3 is 0 Å². The third-order valence-electron chi connectivity index (χ3n) is 5.67. The summed E-state index contributed by atoms with van der Waals surface area (Å²) < 4.78 is 5.50. The Balaban J connectivity index is 1.26. The number of amides is 1. The molecular weight excluding hydrogens is 386 g/mol. The van der Waals surface area contributed by atoms with Gasteiger partial charge in [0, 0.05) is 40.3 Å². The maximum Gasteiger partial charge on any atom is 0.232 e. The number of carbonyl (C=O) groups is 1. The van der Waals surface area contributed by atoms with Gasteiger partial charge in [0.15, 0.2) is 5.76 Å². The second-order valence-corrected chi connectivity index (χ2v) is 7.97. The van der Waals surface area contributed by atoms with Crippen LogP contribution in [-0.4, -0.2) is 22.6 Å². The highest BCUT2D eigenvalue weighted by Gasteiger charge is 2.53. The summed E-state index contributed by atoms with van der Waals surface area (Å²) in [5.41, 5.74) is 3.35. The van der Waals surface area contributed by atoms with Gasteiger partial charge in [-0.2, -0.15) is 0 Å². The molecule has 1 aliphatic rings. The van der Waals surface area contributed by atoms with Crippen LogP contribution < -0.4 is 5.32 Å². The molecule has 0 saturated heterocycles. The van der Waals surface area contributed by atoms with Gasteiger partial charge in [-0.05, 0) is 55.2 Å². The van der Waals surface area contributed by atoms with E-state index in [1.807, 2.05) is 48.7 Å². The van der Waals surface area contributed by atoms with E-state index in [0.29, 0.717) is 23.0 Å². The SMILES string of the molecule is O=C(NCCc1c[nH]c2ccccc12)C1(c2cc(-c3ccc(Cl)cc3)on2)CC1. The van der Waals surface area contributed by atoms with Crippen LogP contribution in [0.4, 0.5) is 0 Å². The van der Waals surface area contributed by atoms with Crippen molar-refractivity contribution in [3.8, 4) is 11.3 Å². The molecule has 0 spiro atoms. The standard InChI is InChI=1S/C23H20ClN3O2/c24-17-7-5-15(6-8-17)20-13-21(27-29-20)23(10-11-23)22(28)25-12-9-16-14-26-19-4-2-1-3-18(16)19/h1-8,13-14,26H,9-12H2,(H,25,28). The van der Waals surface area contributed by atoms with Gasteiger partial charge in [-0.25, -0.2) is 0 Å². The maximum atomic E-state index is 12.9. The summed E-state index contributed by atoms with van der Waals surface area (Å²) in [5.74, 6) is 0.669. The van der Waals surface area contributed by atoms with Crippen molar-refractivity contribution < 1.29 is 9.32 Å². The average molecular weight is 406 g/mol. The van der Waals surface area contributed by atoms with Crippen molar-refractivity contribution in [2.24, 2.45) is 0 Å². The van der Waals surface area contributed by atoms with E-state index in [9.17, 15) is 4.79 Å². The summed E-state index contributed by atoms with van der Waals surface area (Å²) in [4.78, 5) is 16.2. The lowest BCUT2D eigenvalue weighted by Gasteiger charge is -2.12. The highest BCUT2D eigenvalue weighted by molar-refractivity contribution is 6.30. The number of nitrogens with zero attached hydrogens (tertiary/aromatic N) is 1. The van der Waals surface area contributed by atoms with E-state index < -0.39 is 5.41 Å². The van der Waals surface area contributed by atoms with Crippen molar-refractivity contribution in [2.75, 3.05) is 6.54 Å². The van der Waals surface area contributed by atoms with Crippen LogP contribution >= 0.6 is 11.6 Å². The van der Waals surface area contributed by atoms with Crippen LogP contribution in [0.2, 0.25) is 5.02 Å². The van der Waals surface area contributed by atoms with Gasteiger partial charge in [-0.1, -0.05) is 35.0 Å². The van der Waals surface area contributed by atoms with E-state index in [0.717, 1.165) is 30.3 Å². The highest BCUT2D eigenvalue weighted by atomic mass is 35.5. The first-order valence-corrected chi connectivity index (χ1v) is 10.1. The topological polar surface area (TPSA) is 70.9 Å². The lowest BCUT2D eigenvalue weighted by Crippen LogP contribution is -2.36. The van der Waals surface area contributed by atoms with E-state index in [4.69, 9.17) is 16.1 Å². The van der Waals surface area contributed by atoms with Crippen LogP contribution in [0.3, 0.4) is 0 Å². The largest absolute Gasteiger partial charge is 0.361 e. The molecule has 1 saturated carbocycles. The molecule has 2 heterocycles. The summed E-state index contributed by atoms with van der Waals surface area (Å²) >= 11 is 5.94. The molecule has 1 amide bonds. The van der Waals surface area contributed by atoms with Gasteiger partial charge in [0.2, 0.25) is 5.91 Å². The van der Waals surface area contributed by atoms with E-state index in [1.165, 1.54) is 10.9 Å². The van der Waals surface area contributed by atoms with Gasteiger partial charge in [-0.3, -0.25) is 4.79 Å². The van der Waals surface area contributed by atoms with Crippen LogP contribution in [0.5, 0.6) is 0 Å². The number of fused-ring (bicyclic) bond motifs is 1. The number of hydrogen-bond acceptors (Lipinski definition) is 3. The van der Waals surface area contributed by atoms with Gasteiger partial charge in [0.1, 0.15) is 0 Å². The Bertz CT molecular complexity index is 1170. The number of rotatable bonds is 6. The van der Waals surface area contributed by atoms with E-state index in [-0.39, 0.29) is 5.91 Å². The molecule has 1 fully saturated rings. The van der Waals surface area contributed by atoms with Crippen molar-refractivity contribution in [2.45, 2.75) is 24.7 Å². The molecule has 4 aromatic rings. The van der Waals surface area contributed by atoms with Gasteiger partial charge in [-0.15, -0.1) is 0 Å². The Hall–Kier alpha value is -3.05. The molecule has 0 bridgehead atoms. The molecule has 6 heteroatoms. The number of aromatic amines is 1. The summed E-state index contributed by atoms with van der Waals surface area (Å²) in [6, 6.07) is 17.4. The van der Waals surface area contributed by atoms with Crippen LogP contribution in [0.15, 0.2) is 65.3 Å². The first-order valence-electron chi connectivity index (χ1n) is 9.72. The number of benzene rings is 2. The number of halogens is 1. The first-order chi connectivity index (χ1) is 14.2. The average Bonchev–Trinajstić information content (AvgIpc) is 3.22. The fraction of sp³-hybridized carbons (Fsp3) is 0.217. The second kappa shape index (κ2) is 7.08. The van der Waals surface area contributed by atoms with Crippen molar-refractivity contribution in [3.63, 3.8) is 0 Å². The van der Waals surface area contributed by atoms with Crippen LogP contribution in [-0.2, 0) is 16.6 Å². The fourth-order valence-electron chi connectivity index (χ4n) is 3.79. The quantitative estimate of drug-likeness (QED) is 0.481. The van der Waals surface area contributed by atoms with Crippen LogP contribution in [0.25, 0.3) is 22.2 Å². The predicted octanol–water partition coefficient (Wildman–Crippen LogP) is 4.87. The fourth-order valence-corrected chi connectivity index (χ4v) is 3.92. The zero-order chi connectivity index (χ0) is 19.8. The molecular formula is C23H20ClN3O2. The Labute approximate surface area is 173 Å². The number of H-pyrrole nitrogens is 1. The number of nitrogens with one attached hydrogen (secondary N) is 2. The molecule has 2 aromatic carbocycles. The Kier molecular flexibility index (Phi) is 4.40. The maximum absolute atomic E-state index is 12.9. The number of aromatic nitrogens is 2. The minimum absolute atomic E-state index is 0.0216. The van der Waals surface area contributed by atoms with E-state index >= 15 is 0 Å². The summed E-state index contributed by atoms with van der Waals surface area (Å²) in [6.45, 7) is 0.588. The molecule has 0 radical (unpaired) electrons. The van der Waals surface area contributed by atoms with Gasteiger partial charge < -0.3 is 14.8 Å². The van der Waals surface area contributed by atoms with Crippen LogP contribution in [0, 0.1) is 0 Å². The summed E-state index contributed by atoms with van der Waals surface area (Å²) in [6.07, 6.45) is 4.37. The minimum atomic E-state index is -0.561. The summed E-state index contributed by atoms with van der Waals surface area (Å²) in [5, 5.41) is 9.16. The second-order valence-electron chi connectivity index (χ2n) is 7.53. The molecule has 5 rings (SSSR count). The zero-order valence-electron chi connectivity index (χ0n) is 15.7. The Morgan fingerprint density at radius 2 is 1.97 bits per heavy atom. The zero-order valence-corrected chi connectivity index (χ0v) is 16.5. The smallest absolute Gasteiger partial charge is 0.232 e. The van der Waals surface area contributed by atoms with Crippen molar-refractivity contribution in [3.05, 3.63) is 77.1 Å². The Morgan fingerprint density at radius 1 is 1.17 bits per heavy atom. The third kappa shape index (κ3) is 3.32. The number of carbonyl (C=O) groups excluding carboxylic acids is 1. The van der Waals surface area contributed by atoms with E-state index in [2.05, 4.69) is 27.6 Å². The molecule has 1 aliphatic carbocycles. The molecule has 5 nitrogen and oxygen atoms in total.